The van der Waals surface area contributed by atoms with Gasteiger partial charge in [0.05, 0.1) is 4.92 Å². The number of rotatable bonds is 6. The second-order valence-electron chi connectivity index (χ2n) is 5.32. The summed E-state index contributed by atoms with van der Waals surface area (Å²) in [5, 5.41) is 13.5. The van der Waals surface area contributed by atoms with Crippen molar-refractivity contribution in [2.24, 2.45) is 0 Å². The molecule has 0 aliphatic heterocycles. The van der Waals surface area contributed by atoms with E-state index in [0.717, 1.165) is 11.1 Å². The van der Waals surface area contributed by atoms with Crippen LogP contribution < -0.4 is 5.32 Å². The normalized spacial score (nSPS) is 10.5. The van der Waals surface area contributed by atoms with Gasteiger partial charge in [-0.3, -0.25) is 14.9 Å². The number of hydrogen-bond acceptors (Lipinski definition) is 5. The topological polar surface area (TPSA) is 98.5 Å². The van der Waals surface area contributed by atoms with Crippen LogP contribution >= 0.6 is 11.6 Å². The van der Waals surface area contributed by atoms with Crippen molar-refractivity contribution in [2.45, 2.75) is 6.92 Å². The van der Waals surface area contributed by atoms with Crippen molar-refractivity contribution in [1.82, 2.24) is 0 Å². The highest BCUT2D eigenvalue weighted by Crippen LogP contribution is 2.27. The second kappa shape index (κ2) is 8.77. The molecule has 0 heterocycles. The lowest BCUT2D eigenvalue weighted by Crippen LogP contribution is -2.20. The van der Waals surface area contributed by atoms with Crippen LogP contribution in [0.1, 0.15) is 11.1 Å². The minimum atomic E-state index is -0.715. The number of halogens is 1. The number of amides is 1. The van der Waals surface area contributed by atoms with Gasteiger partial charge >= 0.3 is 5.97 Å². The van der Waals surface area contributed by atoms with E-state index < -0.39 is 23.4 Å². The molecule has 0 radical (unpaired) electrons. The predicted octanol–water partition coefficient (Wildman–Crippen LogP) is 3.75. The average Bonchev–Trinajstić information content (AvgIpc) is 2.58. The van der Waals surface area contributed by atoms with Crippen molar-refractivity contribution < 1.29 is 19.2 Å². The van der Waals surface area contributed by atoms with Crippen molar-refractivity contribution in [1.29, 1.82) is 0 Å². The molecule has 1 N–H and O–H groups in total. The SMILES string of the molecule is Cc1cccc(/C=C/C(=O)OCC(=O)Nc2cc(Cl)ccc2[N+](=O)[O-])c1. The Morgan fingerprint density at radius 2 is 2.04 bits per heavy atom. The summed E-state index contributed by atoms with van der Waals surface area (Å²) in [6.45, 7) is 1.34. The summed E-state index contributed by atoms with van der Waals surface area (Å²) in [7, 11) is 0. The van der Waals surface area contributed by atoms with E-state index in [2.05, 4.69) is 5.32 Å². The molecule has 7 nitrogen and oxygen atoms in total. The number of nitro groups is 1. The molecule has 0 aliphatic rings. The first-order valence-corrected chi connectivity index (χ1v) is 7.88. The summed E-state index contributed by atoms with van der Waals surface area (Å²) in [5.74, 6) is -1.42. The van der Waals surface area contributed by atoms with Gasteiger partial charge in [-0.2, -0.15) is 0 Å². The van der Waals surface area contributed by atoms with Gasteiger partial charge in [-0.25, -0.2) is 4.79 Å². The second-order valence-corrected chi connectivity index (χ2v) is 5.76. The lowest BCUT2D eigenvalue weighted by atomic mass is 10.1. The van der Waals surface area contributed by atoms with Crippen LogP contribution in [0, 0.1) is 17.0 Å². The molecule has 0 fully saturated rings. The number of nitrogens with zero attached hydrogens (tertiary/aromatic N) is 1. The Labute approximate surface area is 154 Å². The number of hydrogen-bond donors (Lipinski definition) is 1. The molecule has 0 unspecified atom stereocenters. The van der Waals surface area contributed by atoms with Crippen LogP contribution in [-0.4, -0.2) is 23.4 Å². The first-order valence-electron chi connectivity index (χ1n) is 7.50. The van der Waals surface area contributed by atoms with Gasteiger partial charge in [0.1, 0.15) is 5.69 Å². The van der Waals surface area contributed by atoms with Crippen LogP contribution in [0.5, 0.6) is 0 Å². The van der Waals surface area contributed by atoms with Gasteiger partial charge in [0.2, 0.25) is 0 Å². The Morgan fingerprint density at radius 1 is 1.27 bits per heavy atom. The molecule has 26 heavy (non-hydrogen) atoms. The smallest absolute Gasteiger partial charge is 0.331 e. The van der Waals surface area contributed by atoms with Crippen LogP contribution in [0.2, 0.25) is 5.02 Å². The predicted molar refractivity (Wildman–Crippen MR) is 97.9 cm³/mol. The summed E-state index contributed by atoms with van der Waals surface area (Å²) < 4.78 is 4.82. The van der Waals surface area contributed by atoms with Crippen molar-refractivity contribution in [3.8, 4) is 0 Å². The molecule has 0 saturated carbocycles. The highest BCUT2D eigenvalue weighted by Gasteiger charge is 2.16. The number of nitro benzene ring substituents is 1. The fourth-order valence-corrected chi connectivity index (χ4v) is 2.25. The van der Waals surface area contributed by atoms with E-state index in [1.807, 2.05) is 31.2 Å². The van der Waals surface area contributed by atoms with Crippen molar-refractivity contribution in [2.75, 3.05) is 11.9 Å². The first kappa shape index (κ1) is 19.1. The molecular formula is C18H15ClN2O5. The van der Waals surface area contributed by atoms with Crippen LogP contribution in [-0.2, 0) is 14.3 Å². The van der Waals surface area contributed by atoms with Crippen LogP contribution in [0.15, 0.2) is 48.5 Å². The Morgan fingerprint density at radius 3 is 2.73 bits per heavy atom. The number of ether oxygens (including phenoxy) is 1. The lowest BCUT2D eigenvalue weighted by Gasteiger charge is -2.06. The van der Waals surface area contributed by atoms with Crippen molar-refractivity contribution in [3.05, 3.63) is 74.8 Å². The minimum Gasteiger partial charge on any atom is -0.452 e. The van der Waals surface area contributed by atoms with Gasteiger partial charge in [0, 0.05) is 17.2 Å². The van der Waals surface area contributed by atoms with Gasteiger partial charge in [-0.15, -0.1) is 0 Å². The van der Waals surface area contributed by atoms with Crippen LogP contribution in [0.25, 0.3) is 6.08 Å². The standard InChI is InChI=1S/C18H15ClN2O5/c1-12-3-2-4-13(9-12)5-8-18(23)26-11-17(22)20-15-10-14(19)6-7-16(15)21(24)25/h2-10H,11H2,1H3,(H,20,22)/b8-5+. The molecule has 0 spiro atoms. The minimum absolute atomic E-state index is 0.0705. The Kier molecular flexibility index (Phi) is 6.46. The van der Waals surface area contributed by atoms with Gasteiger partial charge in [0.15, 0.2) is 6.61 Å². The zero-order chi connectivity index (χ0) is 19.1. The molecule has 134 valence electrons. The van der Waals surface area contributed by atoms with Crippen molar-refractivity contribution in [3.63, 3.8) is 0 Å². The molecule has 2 rings (SSSR count). The summed E-state index contributed by atoms with van der Waals surface area (Å²) in [6.07, 6.45) is 2.76. The molecule has 2 aromatic rings. The van der Waals surface area contributed by atoms with Crippen molar-refractivity contribution >= 4 is 40.9 Å². The van der Waals surface area contributed by atoms with E-state index in [0.29, 0.717) is 0 Å². The van der Waals surface area contributed by atoms with Crippen LogP contribution in [0.3, 0.4) is 0 Å². The number of carbonyl (C=O) groups is 2. The maximum atomic E-state index is 11.8. The molecule has 1 amide bonds. The highest BCUT2D eigenvalue weighted by atomic mass is 35.5. The number of nitrogens with one attached hydrogen (secondary N) is 1. The number of aryl methyl sites for hydroxylation is 1. The van der Waals surface area contributed by atoms with E-state index in [1.165, 1.54) is 24.3 Å². The lowest BCUT2D eigenvalue weighted by molar-refractivity contribution is -0.383. The third-order valence-corrected chi connectivity index (χ3v) is 3.46. The van der Waals surface area contributed by atoms with E-state index in [4.69, 9.17) is 16.3 Å². The molecule has 8 heteroatoms. The fourth-order valence-electron chi connectivity index (χ4n) is 2.08. The highest BCUT2D eigenvalue weighted by molar-refractivity contribution is 6.31. The summed E-state index contributed by atoms with van der Waals surface area (Å²) in [5.41, 5.74) is 1.48. The maximum Gasteiger partial charge on any atom is 0.331 e. The summed E-state index contributed by atoms with van der Waals surface area (Å²) in [6, 6.07) is 11.2. The first-order chi connectivity index (χ1) is 12.3. The fraction of sp³-hybridized carbons (Fsp3) is 0.111. The number of anilines is 1. The third-order valence-electron chi connectivity index (χ3n) is 3.23. The summed E-state index contributed by atoms with van der Waals surface area (Å²) in [4.78, 5) is 33.8. The van der Waals surface area contributed by atoms with Gasteiger partial charge in [-0.1, -0.05) is 41.4 Å². The van der Waals surface area contributed by atoms with Crippen LogP contribution in [0.4, 0.5) is 11.4 Å². The number of benzene rings is 2. The van der Waals surface area contributed by atoms with Gasteiger partial charge < -0.3 is 10.1 Å². The largest absolute Gasteiger partial charge is 0.452 e. The molecule has 2 aromatic carbocycles. The quantitative estimate of drug-likeness (QED) is 0.359. The van der Waals surface area contributed by atoms with Gasteiger partial charge in [0.25, 0.3) is 11.6 Å². The zero-order valence-corrected chi connectivity index (χ0v) is 14.5. The third kappa shape index (κ3) is 5.71. The zero-order valence-electron chi connectivity index (χ0n) is 13.8. The van der Waals surface area contributed by atoms with E-state index >= 15 is 0 Å². The molecule has 0 atom stereocenters. The number of carbonyl (C=O) groups excluding carboxylic acids is 2. The molecule has 0 aliphatic carbocycles. The molecular weight excluding hydrogens is 360 g/mol. The Bertz CT molecular complexity index is 880. The molecule has 0 saturated heterocycles. The van der Waals surface area contributed by atoms with E-state index in [-0.39, 0.29) is 16.4 Å². The molecule has 0 bridgehead atoms. The maximum absolute atomic E-state index is 11.8. The Balaban J connectivity index is 1.92. The monoisotopic (exact) mass is 374 g/mol. The van der Waals surface area contributed by atoms with E-state index in [9.17, 15) is 19.7 Å². The van der Waals surface area contributed by atoms with Gasteiger partial charge in [-0.05, 0) is 30.7 Å². The molecule has 0 aromatic heterocycles. The average molecular weight is 375 g/mol. The Hall–Kier alpha value is -3.19. The van der Waals surface area contributed by atoms with E-state index in [1.54, 1.807) is 6.08 Å². The summed E-state index contributed by atoms with van der Waals surface area (Å²) >= 11 is 5.77. The number of esters is 1.